The van der Waals surface area contributed by atoms with Crippen LogP contribution in [0.3, 0.4) is 0 Å². The van der Waals surface area contributed by atoms with Gasteiger partial charge in [-0.15, -0.1) is 0 Å². The summed E-state index contributed by atoms with van der Waals surface area (Å²) in [5.74, 6) is -0.383. The van der Waals surface area contributed by atoms with Gasteiger partial charge in [-0.3, -0.25) is 9.69 Å². The number of esters is 1. The van der Waals surface area contributed by atoms with E-state index >= 15 is 0 Å². The van der Waals surface area contributed by atoms with Crippen molar-refractivity contribution in [3.8, 4) is 0 Å². The van der Waals surface area contributed by atoms with Gasteiger partial charge in [-0.2, -0.15) is 0 Å². The fourth-order valence-electron chi connectivity index (χ4n) is 3.23. The number of ether oxygens (including phenoxy) is 1. The first-order valence-electron chi connectivity index (χ1n) is 9.48. The van der Waals surface area contributed by atoms with E-state index in [1.54, 1.807) is 25.9 Å². The van der Waals surface area contributed by atoms with Gasteiger partial charge in [-0.05, 0) is 57.0 Å². The average Bonchev–Trinajstić information content (AvgIpc) is 3.13. The Morgan fingerprint density at radius 3 is 2.54 bits per heavy atom. The van der Waals surface area contributed by atoms with E-state index in [0.29, 0.717) is 18.5 Å². The van der Waals surface area contributed by atoms with Crippen LogP contribution in [0.25, 0.3) is 0 Å². The smallest absolute Gasteiger partial charge is 0.338 e. The highest BCUT2D eigenvalue weighted by molar-refractivity contribution is 7.89. The molecule has 1 aliphatic heterocycles. The number of hydrogen-bond acceptors (Lipinski definition) is 6. The Kier molecular flexibility index (Phi) is 7.97. The van der Waals surface area contributed by atoms with Gasteiger partial charge in [0.15, 0.2) is 0 Å². The molecule has 1 aromatic rings. The van der Waals surface area contributed by atoms with Gasteiger partial charge >= 0.3 is 5.97 Å². The number of likely N-dealkylation sites (tertiary alicyclic amines) is 1. The third-order valence-electron chi connectivity index (χ3n) is 4.68. The summed E-state index contributed by atoms with van der Waals surface area (Å²) < 4.78 is 32.3. The average molecular weight is 412 g/mol. The van der Waals surface area contributed by atoms with Crippen molar-refractivity contribution in [3.63, 3.8) is 0 Å². The monoisotopic (exact) mass is 411 g/mol. The topological polar surface area (TPSA) is 96.0 Å². The lowest BCUT2D eigenvalue weighted by molar-refractivity contribution is -0.133. The number of benzene rings is 1. The minimum atomic E-state index is -3.65. The van der Waals surface area contributed by atoms with E-state index in [-0.39, 0.29) is 30.0 Å². The minimum Gasteiger partial charge on any atom is -0.462 e. The molecule has 1 N–H and O–H groups in total. The van der Waals surface area contributed by atoms with Crippen LogP contribution in [0.2, 0.25) is 0 Å². The van der Waals surface area contributed by atoms with E-state index < -0.39 is 16.0 Å². The van der Waals surface area contributed by atoms with E-state index in [9.17, 15) is 18.0 Å². The predicted molar refractivity (Wildman–Crippen MR) is 105 cm³/mol. The summed E-state index contributed by atoms with van der Waals surface area (Å²) in [5.41, 5.74) is 0.312. The van der Waals surface area contributed by atoms with Crippen molar-refractivity contribution in [1.29, 1.82) is 0 Å². The lowest BCUT2D eigenvalue weighted by Crippen LogP contribution is -2.43. The molecule has 0 spiro atoms. The molecule has 1 saturated heterocycles. The zero-order valence-corrected chi connectivity index (χ0v) is 17.5. The van der Waals surface area contributed by atoms with Crippen LogP contribution in [0.4, 0.5) is 0 Å². The molecule has 1 heterocycles. The minimum absolute atomic E-state index is 0.0970. The Balaban J connectivity index is 1.85. The van der Waals surface area contributed by atoms with Crippen LogP contribution in [0.1, 0.15) is 36.5 Å². The second kappa shape index (κ2) is 9.99. The predicted octanol–water partition coefficient (Wildman–Crippen LogP) is 1.08. The highest BCUT2D eigenvalue weighted by Crippen LogP contribution is 2.19. The second-order valence-electron chi connectivity index (χ2n) is 6.92. The Labute approximate surface area is 166 Å². The molecule has 0 aromatic heterocycles. The largest absolute Gasteiger partial charge is 0.462 e. The lowest BCUT2D eigenvalue weighted by Gasteiger charge is -2.26. The van der Waals surface area contributed by atoms with E-state index in [2.05, 4.69) is 9.62 Å². The van der Waals surface area contributed by atoms with Crippen molar-refractivity contribution in [1.82, 2.24) is 14.5 Å². The molecule has 0 saturated carbocycles. The SMILES string of the molecule is CCOC(=O)c1ccc(S(=O)(=O)NCCCN2CCCC2C(=O)N(C)C)cc1. The number of sulfonamides is 1. The molecule has 156 valence electrons. The molecule has 1 aliphatic rings. The number of nitrogens with zero attached hydrogens (tertiary/aromatic N) is 2. The van der Waals surface area contributed by atoms with Crippen molar-refractivity contribution in [2.75, 3.05) is 40.3 Å². The zero-order valence-electron chi connectivity index (χ0n) is 16.7. The standard InChI is InChI=1S/C19H29N3O5S/c1-4-27-19(24)15-8-10-16(11-9-15)28(25,26)20-12-6-14-22-13-5-7-17(22)18(23)21(2)3/h8-11,17,20H,4-7,12-14H2,1-3H3. The van der Waals surface area contributed by atoms with E-state index in [1.807, 2.05) is 0 Å². The van der Waals surface area contributed by atoms with Crippen LogP contribution in [-0.4, -0.2) is 76.5 Å². The van der Waals surface area contributed by atoms with Crippen LogP contribution in [0, 0.1) is 0 Å². The third-order valence-corrected chi connectivity index (χ3v) is 6.16. The van der Waals surface area contributed by atoms with Crippen LogP contribution in [-0.2, 0) is 19.6 Å². The van der Waals surface area contributed by atoms with Gasteiger partial charge < -0.3 is 9.64 Å². The third kappa shape index (κ3) is 5.76. The van der Waals surface area contributed by atoms with Gasteiger partial charge in [-0.1, -0.05) is 0 Å². The van der Waals surface area contributed by atoms with Gasteiger partial charge in [0.25, 0.3) is 0 Å². The number of carbonyl (C=O) groups excluding carboxylic acids is 2. The normalized spacial score (nSPS) is 17.5. The molecular weight excluding hydrogens is 382 g/mol. The van der Waals surface area contributed by atoms with Crippen LogP contribution < -0.4 is 4.72 Å². The molecule has 8 nitrogen and oxygen atoms in total. The van der Waals surface area contributed by atoms with Gasteiger partial charge in [0.05, 0.1) is 23.1 Å². The number of likely N-dealkylation sites (N-methyl/N-ethyl adjacent to an activating group) is 1. The summed E-state index contributed by atoms with van der Waals surface area (Å²) in [5, 5.41) is 0. The summed E-state index contributed by atoms with van der Waals surface area (Å²) in [6.45, 7) is 3.77. The highest BCUT2D eigenvalue weighted by atomic mass is 32.2. The maximum Gasteiger partial charge on any atom is 0.338 e. The molecule has 28 heavy (non-hydrogen) atoms. The Bertz CT molecular complexity index is 777. The lowest BCUT2D eigenvalue weighted by atomic mass is 10.2. The van der Waals surface area contributed by atoms with Crippen molar-refractivity contribution in [2.24, 2.45) is 0 Å². The molecule has 0 bridgehead atoms. The highest BCUT2D eigenvalue weighted by Gasteiger charge is 2.31. The molecule has 1 amide bonds. The first kappa shape index (κ1) is 22.3. The van der Waals surface area contributed by atoms with E-state index in [0.717, 1.165) is 19.4 Å². The molecule has 9 heteroatoms. The molecule has 0 aliphatic carbocycles. The van der Waals surface area contributed by atoms with Gasteiger partial charge in [0, 0.05) is 27.2 Å². The Hall–Kier alpha value is -1.97. The fourth-order valence-corrected chi connectivity index (χ4v) is 4.30. The maximum atomic E-state index is 12.4. The summed E-state index contributed by atoms with van der Waals surface area (Å²) >= 11 is 0. The number of rotatable bonds is 9. The van der Waals surface area contributed by atoms with Gasteiger partial charge in [0.2, 0.25) is 15.9 Å². The first-order chi connectivity index (χ1) is 13.3. The van der Waals surface area contributed by atoms with Crippen molar-refractivity contribution < 1.29 is 22.7 Å². The maximum absolute atomic E-state index is 12.4. The van der Waals surface area contributed by atoms with Gasteiger partial charge in [-0.25, -0.2) is 17.9 Å². The Morgan fingerprint density at radius 2 is 1.93 bits per heavy atom. The molecule has 1 unspecified atom stereocenters. The molecule has 1 fully saturated rings. The molecular formula is C19H29N3O5S. The number of carbonyl (C=O) groups is 2. The van der Waals surface area contributed by atoms with Crippen molar-refractivity contribution in [2.45, 2.75) is 37.1 Å². The molecule has 0 radical (unpaired) electrons. The summed E-state index contributed by atoms with van der Waals surface area (Å²) in [6.07, 6.45) is 2.43. The van der Waals surface area contributed by atoms with Crippen LogP contribution in [0.5, 0.6) is 0 Å². The zero-order chi connectivity index (χ0) is 20.7. The first-order valence-corrected chi connectivity index (χ1v) is 11.0. The fraction of sp³-hybridized carbons (Fsp3) is 0.579. The summed E-state index contributed by atoms with van der Waals surface area (Å²) in [4.78, 5) is 27.6. The quantitative estimate of drug-likeness (QED) is 0.483. The molecule has 2 rings (SSSR count). The van der Waals surface area contributed by atoms with Crippen LogP contribution >= 0.6 is 0 Å². The van der Waals surface area contributed by atoms with Crippen LogP contribution in [0.15, 0.2) is 29.2 Å². The summed E-state index contributed by atoms with van der Waals surface area (Å²) in [6, 6.07) is 5.55. The van der Waals surface area contributed by atoms with Gasteiger partial charge in [0.1, 0.15) is 0 Å². The Morgan fingerprint density at radius 1 is 1.25 bits per heavy atom. The van der Waals surface area contributed by atoms with Crippen molar-refractivity contribution >= 4 is 21.9 Å². The number of hydrogen-bond donors (Lipinski definition) is 1. The van der Waals surface area contributed by atoms with Crippen molar-refractivity contribution in [3.05, 3.63) is 29.8 Å². The number of nitrogens with one attached hydrogen (secondary N) is 1. The molecule has 1 aromatic carbocycles. The van der Waals surface area contributed by atoms with E-state index in [4.69, 9.17) is 4.74 Å². The summed E-state index contributed by atoms with van der Waals surface area (Å²) in [7, 11) is -0.150. The second-order valence-corrected chi connectivity index (χ2v) is 8.69. The number of amides is 1. The van der Waals surface area contributed by atoms with E-state index in [1.165, 1.54) is 24.3 Å². The molecule has 1 atom stereocenters.